The Hall–Kier alpha value is -3.03. The fourth-order valence-corrected chi connectivity index (χ4v) is 2.12. The van der Waals surface area contributed by atoms with Crippen LogP contribution >= 0.6 is 0 Å². The molecule has 2 heterocycles. The average molecular weight is 286 g/mol. The molecule has 21 heavy (non-hydrogen) atoms. The molecule has 2 aromatic heterocycles. The number of aromatic nitrogens is 4. The van der Waals surface area contributed by atoms with Crippen molar-refractivity contribution in [1.82, 2.24) is 19.5 Å². The van der Waals surface area contributed by atoms with Crippen molar-refractivity contribution in [2.75, 3.05) is 18.6 Å². The molecule has 0 aliphatic heterocycles. The number of rotatable bonds is 3. The van der Waals surface area contributed by atoms with E-state index in [0.29, 0.717) is 12.2 Å². The third-order valence-electron chi connectivity index (χ3n) is 3.16. The molecule has 0 bridgehead atoms. The second-order valence-corrected chi connectivity index (χ2v) is 4.53. The Morgan fingerprint density at radius 2 is 1.95 bits per heavy atom. The Morgan fingerprint density at radius 3 is 2.62 bits per heavy atom. The highest BCUT2D eigenvalue weighted by molar-refractivity contribution is 5.73. The number of imidazole rings is 1. The van der Waals surface area contributed by atoms with Crippen molar-refractivity contribution < 1.29 is 4.74 Å². The number of ether oxygens (including phenoxy) is 1. The lowest BCUT2D eigenvalue weighted by Gasteiger charge is -2.10. The molecule has 0 radical (unpaired) electrons. The minimum Gasteiger partial charge on any atom is -0.497 e. The van der Waals surface area contributed by atoms with Crippen LogP contribution < -0.4 is 21.8 Å². The number of anilines is 2. The van der Waals surface area contributed by atoms with Gasteiger partial charge in [-0.3, -0.25) is 9.36 Å². The smallest absolute Gasteiger partial charge is 0.300 e. The van der Waals surface area contributed by atoms with Gasteiger partial charge in [-0.15, -0.1) is 0 Å². The van der Waals surface area contributed by atoms with E-state index < -0.39 is 5.56 Å². The van der Waals surface area contributed by atoms with E-state index >= 15 is 0 Å². The molecule has 0 saturated heterocycles. The highest BCUT2D eigenvalue weighted by atomic mass is 16.5. The molecule has 0 aliphatic carbocycles. The molecule has 3 aromatic rings. The Balaban J connectivity index is 2.08. The topological polar surface area (TPSA) is 125 Å². The largest absolute Gasteiger partial charge is 0.497 e. The number of benzene rings is 1. The average Bonchev–Trinajstić information content (AvgIpc) is 2.86. The third-order valence-corrected chi connectivity index (χ3v) is 3.16. The normalized spacial score (nSPS) is 10.9. The standard InChI is InChI=1S/C13H14N6O2/c1-21-8-4-2-7(3-5-8)6-19-10-9(16-12(14)17-10)11(20)18-13(19)15/h2-5H,6H2,1H3,(H3,14,16,17)(H2,15,18,20). The van der Waals surface area contributed by atoms with Gasteiger partial charge in [-0.05, 0) is 17.7 Å². The minimum atomic E-state index is -0.474. The predicted octanol–water partition coefficient (Wildman–Crippen LogP) is 0.341. The third kappa shape index (κ3) is 2.27. The van der Waals surface area contributed by atoms with E-state index in [1.807, 2.05) is 24.3 Å². The Morgan fingerprint density at radius 1 is 1.24 bits per heavy atom. The van der Waals surface area contributed by atoms with Crippen LogP contribution in [0.2, 0.25) is 0 Å². The van der Waals surface area contributed by atoms with Gasteiger partial charge in [0.05, 0.1) is 13.7 Å². The maximum atomic E-state index is 11.8. The van der Waals surface area contributed by atoms with Gasteiger partial charge in [-0.1, -0.05) is 12.1 Å². The van der Waals surface area contributed by atoms with Crippen LogP contribution in [0.4, 0.5) is 11.9 Å². The van der Waals surface area contributed by atoms with Gasteiger partial charge in [-0.2, -0.15) is 9.97 Å². The Bertz CT molecular complexity index is 849. The Labute approximate surface area is 119 Å². The second kappa shape index (κ2) is 4.82. The molecule has 0 saturated carbocycles. The number of hydrogen-bond acceptors (Lipinski definition) is 6. The Kier molecular flexibility index (Phi) is 2.98. The van der Waals surface area contributed by atoms with E-state index in [9.17, 15) is 4.79 Å². The summed E-state index contributed by atoms with van der Waals surface area (Å²) < 4.78 is 6.74. The summed E-state index contributed by atoms with van der Waals surface area (Å²) in [4.78, 5) is 22.3. The summed E-state index contributed by atoms with van der Waals surface area (Å²) in [5.74, 6) is 1.01. The molecule has 3 rings (SSSR count). The summed E-state index contributed by atoms with van der Waals surface area (Å²) >= 11 is 0. The number of methoxy groups -OCH3 is 1. The number of nitrogen functional groups attached to an aromatic ring is 2. The molecule has 8 heteroatoms. The van der Waals surface area contributed by atoms with Crippen molar-refractivity contribution in [3.8, 4) is 5.75 Å². The molecule has 5 N–H and O–H groups in total. The molecule has 0 unspecified atom stereocenters. The SMILES string of the molecule is COc1ccc(Cn2c(N)nc(=O)c3[nH]c(N)nc32)cc1. The molecule has 0 spiro atoms. The fraction of sp³-hybridized carbons (Fsp3) is 0.154. The van der Waals surface area contributed by atoms with Crippen LogP contribution in [-0.4, -0.2) is 26.6 Å². The summed E-state index contributed by atoms with van der Waals surface area (Å²) in [6, 6.07) is 7.49. The molecule has 0 atom stereocenters. The summed E-state index contributed by atoms with van der Waals surface area (Å²) in [6.45, 7) is 0.421. The number of nitrogens with one attached hydrogen (secondary N) is 1. The van der Waals surface area contributed by atoms with Crippen LogP contribution in [0.25, 0.3) is 11.2 Å². The molecule has 1 aromatic carbocycles. The van der Waals surface area contributed by atoms with E-state index in [-0.39, 0.29) is 17.4 Å². The van der Waals surface area contributed by atoms with E-state index in [4.69, 9.17) is 16.2 Å². The molecular formula is C13H14N6O2. The fourth-order valence-electron chi connectivity index (χ4n) is 2.12. The van der Waals surface area contributed by atoms with Gasteiger partial charge in [0.15, 0.2) is 17.1 Å². The van der Waals surface area contributed by atoms with Gasteiger partial charge >= 0.3 is 5.56 Å². The second-order valence-electron chi connectivity index (χ2n) is 4.53. The molecule has 0 aliphatic rings. The summed E-state index contributed by atoms with van der Waals surface area (Å²) in [5.41, 5.74) is 12.6. The lowest BCUT2D eigenvalue weighted by atomic mass is 10.2. The first kappa shape index (κ1) is 13.0. The van der Waals surface area contributed by atoms with Crippen LogP contribution in [0.5, 0.6) is 5.75 Å². The zero-order chi connectivity index (χ0) is 15.0. The van der Waals surface area contributed by atoms with Crippen molar-refractivity contribution >= 4 is 23.1 Å². The minimum absolute atomic E-state index is 0.0924. The van der Waals surface area contributed by atoms with Crippen molar-refractivity contribution in [2.45, 2.75) is 6.54 Å². The van der Waals surface area contributed by atoms with E-state index in [2.05, 4.69) is 15.0 Å². The number of fused-ring (bicyclic) bond motifs is 1. The van der Waals surface area contributed by atoms with Crippen molar-refractivity contribution in [3.63, 3.8) is 0 Å². The van der Waals surface area contributed by atoms with Gasteiger partial charge in [-0.25, -0.2) is 0 Å². The molecule has 108 valence electrons. The highest BCUT2D eigenvalue weighted by Gasteiger charge is 2.13. The maximum absolute atomic E-state index is 11.8. The van der Waals surface area contributed by atoms with Crippen LogP contribution in [0.15, 0.2) is 29.1 Å². The number of nitrogens with two attached hydrogens (primary N) is 2. The van der Waals surface area contributed by atoms with Gasteiger partial charge < -0.3 is 21.2 Å². The molecule has 0 fully saturated rings. The number of hydrogen-bond donors (Lipinski definition) is 3. The van der Waals surface area contributed by atoms with Crippen LogP contribution in [0.1, 0.15) is 5.56 Å². The molecule has 0 amide bonds. The number of aromatic amines is 1. The first-order valence-electron chi connectivity index (χ1n) is 6.23. The molecule has 8 nitrogen and oxygen atoms in total. The summed E-state index contributed by atoms with van der Waals surface area (Å²) in [7, 11) is 1.61. The molecular weight excluding hydrogens is 272 g/mol. The zero-order valence-electron chi connectivity index (χ0n) is 11.3. The van der Waals surface area contributed by atoms with Gasteiger partial charge in [0, 0.05) is 0 Å². The van der Waals surface area contributed by atoms with E-state index in [1.165, 1.54) is 0 Å². The zero-order valence-corrected chi connectivity index (χ0v) is 11.3. The van der Waals surface area contributed by atoms with Crippen molar-refractivity contribution in [2.24, 2.45) is 0 Å². The van der Waals surface area contributed by atoms with E-state index in [1.54, 1.807) is 11.7 Å². The quantitative estimate of drug-likeness (QED) is 0.637. The summed E-state index contributed by atoms with van der Waals surface area (Å²) in [5, 5.41) is 0. The van der Waals surface area contributed by atoms with Crippen LogP contribution in [-0.2, 0) is 6.54 Å². The first-order valence-corrected chi connectivity index (χ1v) is 6.23. The van der Waals surface area contributed by atoms with Gasteiger partial charge in [0.2, 0.25) is 5.95 Å². The van der Waals surface area contributed by atoms with Gasteiger partial charge in [0.25, 0.3) is 0 Å². The summed E-state index contributed by atoms with van der Waals surface area (Å²) in [6.07, 6.45) is 0. The van der Waals surface area contributed by atoms with Crippen molar-refractivity contribution in [1.29, 1.82) is 0 Å². The van der Waals surface area contributed by atoms with Crippen molar-refractivity contribution in [3.05, 3.63) is 40.2 Å². The lowest BCUT2D eigenvalue weighted by Crippen LogP contribution is -2.18. The monoisotopic (exact) mass is 286 g/mol. The maximum Gasteiger partial charge on any atom is 0.300 e. The van der Waals surface area contributed by atoms with E-state index in [0.717, 1.165) is 11.3 Å². The lowest BCUT2D eigenvalue weighted by molar-refractivity contribution is 0.414. The predicted molar refractivity (Wildman–Crippen MR) is 79.1 cm³/mol. The van der Waals surface area contributed by atoms with Crippen LogP contribution in [0, 0.1) is 0 Å². The van der Waals surface area contributed by atoms with Crippen LogP contribution in [0.3, 0.4) is 0 Å². The van der Waals surface area contributed by atoms with Gasteiger partial charge in [0.1, 0.15) is 5.75 Å². The highest BCUT2D eigenvalue weighted by Crippen LogP contribution is 2.16. The number of nitrogens with zero attached hydrogens (tertiary/aromatic N) is 3. The number of H-pyrrole nitrogens is 1. The first-order chi connectivity index (χ1) is 10.1.